The number of fused-ring (bicyclic) bond motifs is 11. The van der Waals surface area contributed by atoms with Crippen molar-refractivity contribution in [1.29, 1.82) is 0 Å². The molecule has 1 aliphatic rings. The molecule has 0 radical (unpaired) electrons. The Morgan fingerprint density at radius 1 is 0.500 bits per heavy atom. The monoisotopic (exact) mass is 607 g/mol. The van der Waals surface area contributed by atoms with Gasteiger partial charge in [-0.05, 0) is 76.2 Å². The zero-order valence-electron chi connectivity index (χ0n) is 25.5. The minimum Gasteiger partial charge on any atom is -0.453 e. The van der Waals surface area contributed by atoms with Crippen molar-refractivity contribution in [2.75, 3.05) is 4.90 Å². The van der Waals surface area contributed by atoms with Gasteiger partial charge in [0, 0.05) is 53.1 Å². The maximum absolute atomic E-state index is 6.91. The molecule has 2 nitrogen and oxygen atoms in total. The van der Waals surface area contributed by atoms with Crippen LogP contribution in [0.1, 0.15) is 25.0 Å². The highest BCUT2D eigenvalue weighted by molar-refractivity contribution is 7.25. The van der Waals surface area contributed by atoms with E-state index in [1.165, 1.54) is 47.8 Å². The molecule has 10 rings (SSSR count). The Bertz CT molecular complexity index is 2690. The average Bonchev–Trinajstić information content (AvgIpc) is 3.74. The molecule has 7 aromatic carbocycles. The molecule has 46 heavy (non-hydrogen) atoms. The standard InChI is InChI=1S/C43H29NOS/c1-43(2)36-15-7-5-12-30(36)31-22-19-28(25-37(31)43)44(27-20-23-40-35(24-27)32-13-6-8-17-39(32)46-40)38-16-9-14-33-34-21-18-26-10-3-4-11-29(26)41(34)45-42(33)38/h3-25H,1-2H3. The van der Waals surface area contributed by atoms with Crippen molar-refractivity contribution in [2.45, 2.75) is 19.3 Å². The smallest absolute Gasteiger partial charge is 0.159 e. The Balaban J connectivity index is 1.26. The average molecular weight is 608 g/mol. The third-order valence-electron chi connectivity index (χ3n) is 10.1. The fraction of sp³-hybridized carbons (Fsp3) is 0.0698. The first-order valence-electron chi connectivity index (χ1n) is 15.9. The number of anilines is 3. The van der Waals surface area contributed by atoms with Gasteiger partial charge in [0.2, 0.25) is 0 Å². The number of benzene rings is 7. The normalized spacial score (nSPS) is 13.6. The number of furan rings is 1. The maximum atomic E-state index is 6.91. The second-order valence-electron chi connectivity index (χ2n) is 12.9. The van der Waals surface area contributed by atoms with Crippen molar-refractivity contribution in [2.24, 2.45) is 0 Å². The Morgan fingerprint density at radius 2 is 1.20 bits per heavy atom. The highest BCUT2D eigenvalue weighted by Crippen LogP contribution is 2.52. The van der Waals surface area contributed by atoms with Gasteiger partial charge in [0.05, 0.1) is 5.69 Å². The summed E-state index contributed by atoms with van der Waals surface area (Å²) in [5.41, 5.74) is 10.4. The van der Waals surface area contributed by atoms with Gasteiger partial charge in [-0.25, -0.2) is 0 Å². The minimum atomic E-state index is -0.106. The van der Waals surface area contributed by atoms with E-state index in [1.54, 1.807) is 0 Å². The third-order valence-corrected chi connectivity index (χ3v) is 11.2. The lowest BCUT2D eigenvalue weighted by Gasteiger charge is -2.28. The molecule has 0 bridgehead atoms. The van der Waals surface area contributed by atoms with E-state index in [1.807, 2.05) is 11.3 Å². The molecule has 0 spiro atoms. The van der Waals surface area contributed by atoms with Gasteiger partial charge < -0.3 is 9.32 Å². The fourth-order valence-corrected chi connectivity index (χ4v) is 8.89. The molecule has 0 aliphatic heterocycles. The molecule has 0 fully saturated rings. The molecule has 0 amide bonds. The summed E-state index contributed by atoms with van der Waals surface area (Å²) in [7, 11) is 0. The molecule has 9 aromatic rings. The quantitative estimate of drug-likeness (QED) is 0.199. The molecule has 1 aliphatic carbocycles. The van der Waals surface area contributed by atoms with Gasteiger partial charge in [-0.1, -0.05) is 105 Å². The zero-order chi connectivity index (χ0) is 30.6. The first kappa shape index (κ1) is 25.9. The van der Waals surface area contributed by atoms with Crippen molar-refractivity contribution >= 4 is 81.3 Å². The SMILES string of the molecule is CC1(C)c2ccccc2-c2ccc(N(c3ccc4sc5ccccc5c4c3)c3cccc4c3oc3c5ccccc5ccc43)cc21. The van der Waals surface area contributed by atoms with Crippen LogP contribution in [0.15, 0.2) is 144 Å². The molecule has 0 unspecified atom stereocenters. The van der Waals surface area contributed by atoms with Crippen LogP contribution in [0.4, 0.5) is 17.1 Å². The number of rotatable bonds is 3. The first-order chi connectivity index (χ1) is 22.6. The highest BCUT2D eigenvalue weighted by Gasteiger charge is 2.36. The van der Waals surface area contributed by atoms with Crippen LogP contribution < -0.4 is 4.90 Å². The van der Waals surface area contributed by atoms with Gasteiger partial charge in [0.25, 0.3) is 0 Å². The van der Waals surface area contributed by atoms with Crippen LogP contribution >= 0.6 is 11.3 Å². The minimum absolute atomic E-state index is 0.106. The van der Waals surface area contributed by atoms with E-state index in [0.717, 1.165) is 44.4 Å². The predicted octanol–water partition coefficient (Wildman–Crippen LogP) is 12.9. The summed E-state index contributed by atoms with van der Waals surface area (Å²) >= 11 is 1.85. The summed E-state index contributed by atoms with van der Waals surface area (Å²) in [4.78, 5) is 2.40. The summed E-state index contributed by atoms with van der Waals surface area (Å²) in [6.07, 6.45) is 0. The molecule has 0 atom stereocenters. The predicted molar refractivity (Wildman–Crippen MR) is 196 cm³/mol. The van der Waals surface area contributed by atoms with Crippen LogP contribution in [0, 0.1) is 0 Å². The van der Waals surface area contributed by atoms with Crippen LogP contribution in [0.2, 0.25) is 0 Å². The van der Waals surface area contributed by atoms with Crippen molar-refractivity contribution in [1.82, 2.24) is 0 Å². The summed E-state index contributed by atoms with van der Waals surface area (Å²) < 4.78 is 9.51. The summed E-state index contributed by atoms with van der Waals surface area (Å²) in [6.45, 7) is 4.70. The van der Waals surface area contributed by atoms with Crippen LogP contribution in [0.5, 0.6) is 0 Å². The Morgan fingerprint density at radius 3 is 2.13 bits per heavy atom. The van der Waals surface area contributed by atoms with E-state index in [-0.39, 0.29) is 5.41 Å². The van der Waals surface area contributed by atoms with Gasteiger partial charge in [-0.2, -0.15) is 0 Å². The van der Waals surface area contributed by atoms with Gasteiger partial charge in [0.15, 0.2) is 5.58 Å². The van der Waals surface area contributed by atoms with Crippen LogP contribution in [0.3, 0.4) is 0 Å². The molecule has 2 aromatic heterocycles. The van der Waals surface area contributed by atoms with Gasteiger partial charge in [0.1, 0.15) is 5.58 Å². The van der Waals surface area contributed by atoms with Crippen molar-refractivity contribution in [3.8, 4) is 11.1 Å². The number of para-hydroxylation sites is 1. The molecule has 2 heterocycles. The van der Waals surface area contributed by atoms with Crippen molar-refractivity contribution in [3.63, 3.8) is 0 Å². The summed E-state index contributed by atoms with van der Waals surface area (Å²) in [5, 5.41) is 7.15. The van der Waals surface area contributed by atoms with Crippen molar-refractivity contribution in [3.05, 3.63) is 151 Å². The number of hydrogen-bond acceptors (Lipinski definition) is 3. The van der Waals surface area contributed by atoms with Gasteiger partial charge >= 0.3 is 0 Å². The summed E-state index contributed by atoms with van der Waals surface area (Å²) in [5.74, 6) is 0. The Kier molecular flexibility index (Phi) is 5.25. The van der Waals surface area contributed by atoms with Crippen LogP contribution in [-0.4, -0.2) is 0 Å². The number of nitrogens with zero attached hydrogens (tertiary/aromatic N) is 1. The second kappa shape index (κ2) is 9.32. The van der Waals surface area contributed by atoms with E-state index in [2.05, 4.69) is 158 Å². The van der Waals surface area contributed by atoms with Gasteiger partial charge in [-0.3, -0.25) is 0 Å². The lowest BCUT2D eigenvalue weighted by Crippen LogP contribution is -2.16. The Hall–Kier alpha value is -5.38. The second-order valence-corrected chi connectivity index (χ2v) is 14.0. The zero-order valence-corrected chi connectivity index (χ0v) is 26.4. The first-order valence-corrected chi connectivity index (χ1v) is 16.7. The largest absolute Gasteiger partial charge is 0.453 e. The molecular formula is C43H29NOS. The topological polar surface area (TPSA) is 16.4 Å². The molecule has 0 saturated carbocycles. The van der Waals surface area contributed by atoms with Gasteiger partial charge in [-0.15, -0.1) is 11.3 Å². The van der Waals surface area contributed by atoms with E-state index >= 15 is 0 Å². The van der Waals surface area contributed by atoms with Crippen LogP contribution in [0.25, 0.3) is 64.0 Å². The molecular weight excluding hydrogens is 579 g/mol. The van der Waals surface area contributed by atoms with E-state index in [9.17, 15) is 0 Å². The van der Waals surface area contributed by atoms with Crippen LogP contribution in [-0.2, 0) is 5.41 Å². The number of hydrogen-bond donors (Lipinski definition) is 0. The van der Waals surface area contributed by atoms with E-state index in [0.29, 0.717) is 0 Å². The molecule has 0 saturated heterocycles. The molecule has 0 N–H and O–H groups in total. The molecule has 218 valence electrons. The molecule has 3 heteroatoms. The highest BCUT2D eigenvalue weighted by atomic mass is 32.1. The fourth-order valence-electron chi connectivity index (χ4n) is 7.80. The lowest BCUT2D eigenvalue weighted by atomic mass is 9.82. The maximum Gasteiger partial charge on any atom is 0.159 e. The summed E-state index contributed by atoms with van der Waals surface area (Å²) in [6, 6.07) is 50.9. The van der Waals surface area contributed by atoms with E-state index in [4.69, 9.17) is 4.42 Å². The lowest BCUT2D eigenvalue weighted by molar-refractivity contribution is 0.660. The van der Waals surface area contributed by atoms with Crippen molar-refractivity contribution < 1.29 is 4.42 Å². The third kappa shape index (κ3) is 3.52. The Labute approximate surface area is 270 Å². The number of thiophene rings is 1. The van der Waals surface area contributed by atoms with E-state index < -0.39 is 0 Å².